The summed E-state index contributed by atoms with van der Waals surface area (Å²) in [5.74, 6) is 0.578. The molecule has 0 atom stereocenters. The number of halogens is 3. The minimum Gasteiger partial charge on any atom is -0.494 e. The molecule has 1 aliphatic rings. The molecule has 30 heavy (non-hydrogen) atoms. The zero-order valence-corrected chi connectivity index (χ0v) is 16.7. The third-order valence-corrected chi connectivity index (χ3v) is 4.95. The number of pyridine rings is 1. The highest BCUT2D eigenvalue weighted by molar-refractivity contribution is 5.72. The molecule has 10 heteroatoms. The van der Waals surface area contributed by atoms with E-state index in [4.69, 9.17) is 4.74 Å². The number of nitrogens with one attached hydrogen (secondary N) is 1. The van der Waals surface area contributed by atoms with E-state index in [9.17, 15) is 13.2 Å². The van der Waals surface area contributed by atoms with Gasteiger partial charge < -0.3 is 15.0 Å². The number of methoxy groups -OCH3 is 1. The molecule has 3 aromatic rings. The van der Waals surface area contributed by atoms with Crippen LogP contribution in [-0.4, -0.2) is 51.2 Å². The largest absolute Gasteiger partial charge is 0.494 e. The van der Waals surface area contributed by atoms with Crippen molar-refractivity contribution in [3.63, 3.8) is 0 Å². The first-order valence-corrected chi connectivity index (χ1v) is 9.22. The van der Waals surface area contributed by atoms with Gasteiger partial charge in [0.15, 0.2) is 0 Å². The van der Waals surface area contributed by atoms with Gasteiger partial charge >= 0.3 is 6.18 Å². The Labute approximate surface area is 171 Å². The van der Waals surface area contributed by atoms with Crippen LogP contribution in [0.15, 0.2) is 54.4 Å². The highest BCUT2D eigenvalue weighted by Gasteiger charge is 2.37. The Kier molecular flexibility index (Phi) is 4.92. The van der Waals surface area contributed by atoms with Gasteiger partial charge in [0.25, 0.3) is 0 Å². The van der Waals surface area contributed by atoms with Gasteiger partial charge in [-0.05, 0) is 12.1 Å². The summed E-state index contributed by atoms with van der Waals surface area (Å²) in [5, 5.41) is 11.5. The molecule has 0 saturated carbocycles. The van der Waals surface area contributed by atoms with Crippen molar-refractivity contribution in [1.82, 2.24) is 29.6 Å². The van der Waals surface area contributed by atoms with Crippen molar-refractivity contribution in [2.45, 2.75) is 12.7 Å². The topological polar surface area (TPSA) is 59.6 Å². The van der Waals surface area contributed by atoms with E-state index in [-0.39, 0.29) is 18.8 Å². The molecular formula is C20H21F3N6O. The van der Waals surface area contributed by atoms with E-state index in [2.05, 4.69) is 15.5 Å². The number of hydrogen-bond donors (Lipinski definition) is 1. The van der Waals surface area contributed by atoms with Crippen molar-refractivity contribution in [3.05, 3.63) is 60.0 Å². The monoisotopic (exact) mass is 418 g/mol. The average molecular weight is 418 g/mol. The van der Waals surface area contributed by atoms with Crippen LogP contribution >= 0.6 is 0 Å². The van der Waals surface area contributed by atoms with E-state index in [0.29, 0.717) is 11.3 Å². The van der Waals surface area contributed by atoms with E-state index in [1.54, 1.807) is 41.9 Å². The molecule has 7 nitrogen and oxygen atoms in total. The molecule has 0 saturated heterocycles. The number of hydrogen-bond acceptors (Lipinski definition) is 5. The Hall–Kier alpha value is -3.43. The lowest BCUT2D eigenvalue weighted by atomic mass is 10.1. The summed E-state index contributed by atoms with van der Waals surface area (Å²) in [6.45, 7) is -0.0239. The van der Waals surface area contributed by atoms with Crippen LogP contribution in [0.5, 0.6) is 5.75 Å². The second kappa shape index (κ2) is 7.43. The molecule has 0 aromatic carbocycles. The maximum atomic E-state index is 13.4. The van der Waals surface area contributed by atoms with Gasteiger partial charge in [0.2, 0.25) is 0 Å². The fourth-order valence-corrected chi connectivity index (χ4v) is 3.45. The Balaban J connectivity index is 1.66. The fraction of sp³-hybridized carbons (Fsp3) is 0.300. The van der Waals surface area contributed by atoms with Crippen LogP contribution in [0, 0.1) is 0 Å². The second-order valence-corrected chi connectivity index (χ2v) is 7.14. The number of alkyl halides is 3. The minimum atomic E-state index is -4.40. The molecule has 1 aliphatic heterocycles. The average Bonchev–Trinajstić information content (AvgIpc) is 3.31. The van der Waals surface area contributed by atoms with Gasteiger partial charge in [-0.25, -0.2) is 4.52 Å². The number of nitrogens with zero attached hydrogens (tertiary/aromatic N) is 5. The molecule has 0 bridgehead atoms. The molecule has 4 heterocycles. The van der Waals surface area contributed by atoms with E-state index in [1.807, 2.05) is 25.5 Å². The highest BCUT2D eigenvalue weighted by atomic mass is 19.4. The number of ether oxygens (including phenoxy) is 1. The van der Waals surface area contributed by atoms with Crippen molar-refractivity contribution in [2.75, 3.05) is 20.7 Å². The van der Waals surface area contributed by atoms with E-state index in [0.717, 1.165) is 16.7 Å². The van der Waals surface area contributed by atoms with Gasteiger partial charge in [0, 0.05) is 68.2 Å². The zero-order chi connectivity index (χ0) is 21.5. The lowest BCUT2D eigenvalue weighted by Gasteiger charge is -2.26. The van der Waals surface area contributed by atoms with Crippen LogP contribution in [0.4, 0.5) is 13.2 Å². The summed E-state index contributed by atoms with van der Waals surface area (Å²) in [7, 11) is 4.99. The standard InChI is InChI=1S/C20H21F3N6O/c1-27-5-4-17(16(12-27)20(21,22)23)24-7-14-8-26-29-11-13(6-18(30-3)19(14)29)15-9-25-28(2)10-15/h4-6,8-11,24H,7,12H2,1-3H3. The molecule has 3 aromatic heterocycles. The van der Waals surface area contributed by atoms with Crippen LogP contribution in [0.1, 0.15) is 5.56 Å². The fourth-order valence-electron chi connectivity index (χ4n) is 3.45. The second-order valence-electron chi connectivity index (χ2n) is 7.14. The number of fused-ring (bicyclic) bond motifs is 1. The Morgan fingerprint density at radius 1 is 1.13 bits per heavy atom. The summed E-state index contributed by atoms with van der Waals surface area (Å²) in [6.07, 6.45) is 5.75. The highest BCUT2D eigenvalue weighted by Crippen LogP contribution is 2.32. The summed E-state index contributed by atoms with van der Waals surface area (Å²) in [5.41, 5.74) is 2.66. The van der Waals surface area contributed by atoms with Crippen LogP contribution < -0.4 is 10.1 Å². The van der Waals surface area contributed by atoms with Gasteiger partial charge in [-0.2, -0.15) is 23.4 Å². The maximum Gasteiger partial charge on any atom is 0.416 e. The van der Waals surface area contributed by atoms with Crippen LogP contribution in [-0.2, 0) is 13.6 Å². The Bertz CT molecular complexity index is 1140. The Morgan fingerprint density at radius 2 is 1.93 bits per heavy atom. The quantitative estimate of drug-likeness (QED) is 0.690. The van der Waals surface area contributed by atoms with Gasteiger partial charge in [0.05, 0.1) is 25.1 Å². The Morgan fingerprint density at radius 3 is 2.60 bits per heavy atom. The third kappa shape index (κ3) is 3.72. The molecule has 4 rings (SSSR count). The van der Waals surface area contributed by atoms with E-state index < -0.39 is 11.7 Å². The number of aromatic nitrogens is 4. The first kappa shape index (κ1) is 19.9. The van der Waals surface area contributed by atoms with Crippen molar-refractivity contribution in [1.29, 1.82) is 0 Å². The molecule has 0 spiro atoms. The predicted octanol–water partition coefficient (Wildman–Crippen LogP) is 3.11. The summed E-state index contributed by atoms with van der Waals surface area (Å²) < 4.78 is 49.1. The molecule has 0 radical (unpaired) electrons. The number of rotatable bonds is 5. The van der Waals surface area contributed by atoms with Crippen molar-refractivity contribution < 1.29 is 17.9 Å². The molecule has 0 amide bonds. The minimum absolute atomic E-state index is 0.0610. The third-order valence-electron chi connectivity index (χ3n) is 4.95. The smallest absolute Gasteiger partial charge is 0.416 e. The van der Waals surface area contributed by atoms with Gasteiger partial charge in [-0.1, -0.05) is 0 Å². The number of allylic oxidation sites excluding steroid dienone is 1. The lowest BCUT2D eigenvalue weighted by Crippen LogP contribution is -2.31. The molecular weight excluding hydrogens is 397 g/mol. The molecule has 0 aliphatic carbocycles. The number of aryl methyl sites for hydroxylation is 1. The lowest BCUT2D eigenvalue weighted by molar-refractivity contribution is -0.0959. The van der Waals surface area contributed by atoms with Crippen molar-refractivity contribution >= 4 is 5.52 Å². The van der Waals surface area contributed by atoms with E-state index in [1.165, 1.54) is 11.0 Å². The van der Waals surface area contributed by atoms with Crippen LogP contribution in [0.2, 0.25) is 0 Å². The molecule has 0 unspecified atom stereocenters. The van der Waals surface area contributed by atoms with Gasteiger partial charge in [0.1, 0.15) is 11.3 Å². The maximum absolute atomic E-state index is 13.4. The molecule has 0 fully saturated rings. The zero-order valence-electron chi connectivity index (χ0n) is 16.7. The summed E-state index contributed by atoms with van der Waals surface area (Å²) in [6, 6.07) is 1.87. The first-order chi connectivity index (χ1) is 14.3. The van der Waals surface area contributed by atoms with Gasteiger partial charge in [-0.15, -0.1) is 0 Å². The summed E-state index contributed by atoms with van der Waals surface area (Å²) in [4.78, 5) is 1.49. The molecule has 1 N–H and O–H groups in total. The predicted molar refractivity (Wildman–Crippen MR) is 106 cm³/mol. The SMILES string of the molecule is COc1cc(-c2cnn(C)c2)cn2ncc(CNC3=C(C(F)(F)F)CN(C)C=C3)c12. The number of likely N-dealkylation sites (N-methyl/N-ethyl adjacent to an activating group) is 1. The van der Waals surface area contributed by atoms with Gasteiger partial charge in [-0.3, -0.25) is 4.68 Å². The van der Waals surface area contributed by atoms with E-state index >= 15 is 0 Å². The van der Waals surface area contributed by atoms with Crippen LogP contribution in [0.3, 0.4) is 0 Å². The normalized spacial score (nSPS) is 14.7. The van der Waals surface area contributed by atoms with Crippen LogP contribution in [0.25, 0.3) is 16.6 Å². The first-order valence-electron chi connectivity index (χ1n) is 9.22. The molecule has 158 valence electrons. The summed E-state index contributed by atoms with van der Waals surface area (Å²) >= 11 is 0. The van der Waals surface area contributed by atoms with Crippen molar-refractivity contribution in [2.24, 2.45) is 7.05 Å². The van der Waals surface area contributed by atoms with Crippen molar-refractivity contribution in [3.8, 4) is 16.9 Å².